The monoisotopic (exact) mass is 258 g/mol. The van der Waals surface area contributed by atoms with Gasteiger partial charge in [0.2, 0.25) is 0 Å². The highest BCUT2D eigenvalue weighted by molar-refractivity contribution is 5.88. The van der Waals surface area contributed by atoms with E-state index in [0.717, 1.165) is 5.56 Å². The average molecular weight is 258 g/mol. The van der Waals surface area contributed by atoms with Gasteiger partial charge >= 0.3 is 5.97 Å². The molecule has 0 spiro atoms. The number of hydrogen-bond donors (Lipinski definition) is 2. The van der Waals surface area contributed by atoms with E-state index in [0.29, 0.717) is 12.2 Å². The van der Waals surface area contributed by atoms with Crippen molar-refractivity contribution in [1.82, 2.24) is 20.3 Å². The molecule has 2 heterocycles. The van der Waals surface area contributed by atoms with Crippen molar-refractivity contribution in [2.24, 2.45) is 0 Å². The maximum absolute atomic E-state index is 11.0. The van der Waals surface area contributed by atoms with Crippen molar-refractivity contribution in [3.05, 3.63) is 53.9 Å². The molecule has 1 unspecified atom stereocenters. The SMILES string of the molecule is CC(NCc1ncncc1C(=O)O)c1ccncc1. The highest BCUT2D eigenvalue weighted by atomic mass is 16.4. The van der Waals surface area contributed by atoms with Crippen LogP contribution in [0.4, 0.5) is 0 Å². The summed E-state index contributed by atoms with van der Waals surface area (Å²) in [5.41, 5.74) is 1.68. The molecule has 6 nitrogen and oxygen atoms in total. The summed E-state index contributed by atoms with van der Waals surface area (Å²) in [5, 5.41) is 12.3. The zero-order valence-corrected chi connectivity index (χ0v) is 10.4. The van der Waals surface area contributed by atoms with Gasteiger partial charge in [0, 0.05) is 31.2 Å². The first-order chi connectivity index (χ1) is 9.18. The number of carboxylic acids is 1. The normalized spacial score (nSPS) is 12.1. The van der Waals surface area contributed by atoms with Crippen molar-refractivity contribution in [2.45, 2.75) is 19.5 Å². The molecule has 0 radical (unpaired) electrons. The molecule has 2 rings (SSSR count). The molecule has 98 valence electrons. The van der Waals surface area contributed by atoms with Gasteiger partial charge in [-0.1, -0.05) is 0 Å². The smallest absolute Gasteiger partial charge is 0.339 e. The minimum atomic E-state index is -1.02. The van der Waals surface area contributed by atoms with Crippen LogP contribution in [-0.4, -0.2) is 26.0 Å². The van der Waals surface area contributed by atoms with Gasteiger partial charge in [0.15, 0.2) is 0 Å². The van der Waals surface area contributed by atoms with Gasteiger partial charge in [0.25, 0.3) is 0 Å². The third-order valence-electron chi connectivity index (χ3n) is 2.81. The van der Waals surface area contributed by atoms with E-state index < -0.39 is 5.97 Å². The fourth-order valence-corrected chi connectivity index (χ4v) is 1.69. The van der Waals surface area contributed by atoms with Gasteiger partial charge in [0.1, 0.15) is 11.9 Å². The number of hydrogen-bond acceptors (Lipinski definition) is 5. The Kier molecular flexibility index (Phi) is 4.15. The summed E-state index contributed by atoms with van der Waals surface area (Å²) in [5.74, 6) is -1.02. The molecule has 0 bridgehead atoms. The van der Waals surface area contributed by atoms with E-state index in [1.165, 1.54) is 12.5 Å². The van der Waals surface area contributed by atoms with Gasteiger partial charge in [0.05, 0.1) is 5.69 Å². The number of nitrogens with one attached hydrogen (secondary N) is 1. The highest BCUT2D eigenvalue weighted by Gasteiger charge is 2.12. The van der Waals surface area contributed by atoms with E-state index in [1.54, 1.807) is 12.4 Å². The first-order valence-electron chi connectivity index (χ1n) is 5.84. The zero-order chi connectivity index (χ0) is 13.7. The number of nitrogens with zero attached hydrogens (tertiary/aromatic N) is 3. The third-order valence-corrected chi connectivity index (χ3v) is 2.81. The molecule has 0 amide bonds. The number of rotatable bonds is 5. The lowest BCUT2D eigenvalue weighted by atomic mass is 10.1. The Hall–Kier alpha value is -2.34. The highest BCUT2D eigenvalue weighted by Crippen LogP contribution is 2.12. The van der Waals surface area contributed by atoms with Crippen LogP contribution in [0.5, 0.6) is 0 Å². The third kappa shape index (κ3) is 3.32. The van der Waals surface area contributed by atoms with Gasteiger partial charge in [-0.05, 0) is 24.6 Å². The predicted molar refractivity (Wildman–Crippen MR) is 68.5 cm³/mol. The van der Waals surface area contributed by atoms with Crippen molar-refractivity contribution in [3.63, 3.8) is 0 Å². The molecule has 0 aromatic carbocycles. The van der Waals surface area contributed by atoms with Crippen molar-refractivity contribution < 1.29 is 9.90 Å². The van der Waals surface area contributed by atoms with Gasteiger partial charge in [-0.2, -0.15) is 0 Å². The molecular formula is C13H14N4O2. The van der Waals surface area contributed by atoms with E-state index in [2.05, 4.69) is 20.3 Å². The van der Waals surface area contributed by atoms with Crippen molar-refractivity contribution in [3.8, 4) is 0 Å². The number of aromatic nitrogens is 3. The van der Waals surface area contributed by atoms with Crippen LogP contribution in [0.25, 0.3) is 0 Å². The minimum Gasteiger partial charge on any atom is -0.478 e. The van der Waals surface area contributed by atoms with E-state index in [4.69, 9.17) is 5.11 Å². The van der Waals surface area contributed by atoms with Crippen LogP contribution >= 0.6 is 0 Å². The number of pyridine rings is 1. The summed E-state index contributed by atoms with van der Waals surface area (Å²) < 4.78 is 0. The Balaban J connectivity index is 2.05. The van der Waals surface area contributed by atoms with E-state index >= 15 is 0 Å². The van der Waals surface area contributed by atoms with Crippen molar-refractivity contribution in [2.75, 3.05) is 0 Å². The molecule has 6 heteroatoms. The number of carbonyl (C=O) groups is 1. The molecule has 0 aliphatic carbocycles. The molecule has 0 aliphatic rings. The number of carboxylic acid groups (broad SMARTS) is 1. The van der Waals surface area contributed by atoms with Gasteiger partial charge in [-0.3, -0.25) is 4.98 Å². The second kappa shape index (κ2) is 6.01. The molecule has 2 aromatic rings. The second-order valence-corrected chi connectivity index (χ2v) is 4.07. The molecule has 0 aliphatic heterocycles. The first kappa shape index (κ1) is 13.1. The Morgan fingerprint density at radius 3 is 2.79 bits per heavy atom. The summed E-state index contributed by atoms with van der Waals surface area (Å²) in [6.45, 7) is 2.37. The fraction of sp³-hybridized carbons (Fsp3) is 0.231. The van der Waals surface area contributed by atoms with E-state index in [-0.39, 0.29) is 11.6 Å². The largest absolute Gasteiger partial charge is 0.478 e. The Morgan fingerprint density at radius 1 is 1.37 bits per heavy atom. The molecule has 0 saturated carbocycles. The minimum absolute atomic E-state index is 0.0830. The maximum Gasteiger partial charge on any atom is 0.339 e. The van der Waals surface area contributed by atoms with Gasteiger partial charge < -0.3 is 10.4 Å². The molecule has 19 heavy (non-hydrogen) atoms. The van der Waals surface area contributed by atoms with Gasteiger partial charge in [-0.25, -0.2) is 14.8 Å². The van der Waals surface area contributed by atoms with Crippen LogP contribution in [0, 0.1) is 0 Å². The Bertz CT molecular complexity index is 560. The molecule has 2 aromatic heterocycles. The molecule has 2 N–H and O–H groups in total. The predicted octanol–water partition coefficient (Wildman–Crippen LogP) is 1.42. The second-order valence-electron chi connectivity index (χ2n) is 4.07. The van der Waals surface area contributed by atoms with Crippen molar-refractivity contribution in [1.29, 1.82) is 0 Å². The Morgan fingerprint density at radius 2 is 2.11 bits per heavy atom. The van der Waals surface area contributed by atoms with Crippen LogP contribution in [-0.2, 0) is 6.54 Å². The average Bonchev–Trinajstić information content (AvgIpc) is 2.46. The lowest BCUT2D eigenvalue weighted by Gasteiger charge is -2.14. The van der Waals surface area contributed by atoms with E-state index in [9.17, 15) is 4.79 Å². The topological polar surface area (TPSA) is 88.0 Å². The standard InChI is InChI=1S/C13H14N4O2/c1-9(10-2-4-14-5-3-10)16-7-12-11(13(18)19)6-15-8-17-12/h2-6,8-9,16H,7H2,1H3,(H,18,19). The lowest BCUT2D eigenvalue weighted by Crippen LogP contribution is -2.20. The maximum atomic E-state index is 11.0. The van der Waals surface area contributed by atoms with Crippen LogP contribution in [0.2, 0.25) is 0 Å². The van der Waals surface area contributed by atoms with Gasteiger partial charge in [-0.15, -0.1) is 0 Å². The zero-order valence-electron chi connectivity index (χ0n) is 10.4. The molecular weight excluding hydrogens is 244 g/mol. The molecule has 0 fully saturated rings. The summed E-state index contributed by atoms with van der Waals surface area (Å²) in [6, 6.07) is 3.91. The van der Waals surface area contributed by atoms with Crippen molar-refractivity contribution >= 4 is 5.97 Å². The molecule has 0 saturated heterocycles. The summed E-state index contributed by atoms with van der Waals surface area (Å²) in [6.07, 6.45) is 6.10. The first-order valence-corrected chi connectivity index (χ1v) is 5.84. The summed E-state index contributed by atoms with van der Waals surface area (Å²) in [7, 11) is 0. The van der Waals surface area contributed by atoms with Crippen LogP contribution < -0.4 is 5.32 Å². The van der Waals surface area contributed by atoms with Crippen LogP contribution in [0.15, 0.2) is 37.1 Å². The lowest BCUT2D eigenvalue weighted by molar-refractivity contribution is 0.0694. The summed E-state index contributed by atoms with van der Waals surface area (Å²) in [4.78, 5) is 22.7. The fourth-order valence-electron chi connectivity index (χ4n) is 1.69. The number of aromatic carboxylic acids is 1. The Labute approximate surface area is 110 Å². The molecule has 1 atom stereocenters. The summed E-state index contributed by atoms with van der Waals surface area (Å²) >= 11 is 0. The van der Waals surface area contributed by atoms with Crippen LogP contribution in [0.3, 0.4) is 0 Å². The van der Waals surface area contributed by atoms with E-state index in [1.807, 2.05) is 19.1 Å². The quantitative estimate of drug-likeness (QED) is 0.843. The van der Waals surface area contributed by atoms with Crippen LogP contribution in [0.1, 0.15) is 34.6 Å².